The van der Waals surface area contributed by atoms with E-state index in [0.29, 0.717) is 32.1 Å². The van der Waals surface area contributed by atoms with Crippen LogP contribution in [0.5, 0.6) is 0 Å². The van der Waals surface area contributed by atoms with E-state index in [-0.39, 0.29) is 36.6 Å². The zero-order chi connectivity index (χ0) is 41.4. The van der Waals surface area contributed by atoms with Crippen LogP contribution in [0.3, 0.4) is 0 Å². The molecule has 0 radical (unpaired) electrons. The van der Waals surface area contributed by atoms with Crippen LogP contribution >= 0.6 is 0 Å². The van der Waals surface area contributed by atoms with E-state index in [4.69, 9.17) is 4.74 Å². The third kappa shape index (κ3) is 12.5. The smallest absolute Gasteiger partial charge is 0.408 e. The molecule has 3 rings (SSSR count). The number of nitrogens with zero attached hydrogens (tertiary/aromatic N) is 2. The molecule has 1 fully saturated rings. The molecule has 1 aromatic carbocycles. The zero-order valence-corrected chi connectivity index (χ0v) is 34.7. The van der Waals surface area contributed by atoms with E-state index >= 15 is 0 Å². The second-order valence-corrected chi connectivity index (χ2v) is 17.7. The van der Waals surface area contributed by atoms with Gasteiger partial charge in [0.25, 0.3) is 5.91 Å². The minimum absolute atomic E-state index is 0.0324. The summed E-state index contributed by atoms with van der Waals surface area (Å²) >= 11 is 0. The van der Waals surface area contributed by atoms with Gasteiger partial charge in [-0.15, -0.1) is 0 Å². The number of ether oxygens (including phenoxy) is 1. The fourth-order valence-corrected chi connectivity index (χ4v) is 7.15. The number of unbranched alkanes of at least 4 members (excludes halogenated alkanes) is 1. The molecule has 1 saturated heterocycles. The van der Waals surface area contributed by atoms with Gasteiger partial charge in [0.05, 0.1) is 12.6 Å². The minimum Gasteiger partial charge on any atom is -0.444 e. The van der Waals surface area contributed by atoms with E-state index in [9.17, 15) is 33.6 Å². The minimum atomic E-state index is -1.20. The van der Waals surface area contributed by atoms with Gasteiger partial charge in [-0.05, 0) is 80.8 Å². The molecule has 14 heteroatoms. The van der Waals surface area contributed by atoms with Gasteiger partial charge < -0.3 is 35.8 Å². The standard InChI is InChI=1S/C41H64N6O8/c1-12-13-18-29(33(49)36(51)42-22-31(48)44-32(37(52)46(10)11)27-19-25-16-14-15-17-26(25)20-27)43-35(50)30-21-28(24(2)3)23-47(30)38(53)34(40(4,5)6)45-39(54)55-41(7,8)9/h14-17,24,27-30,32,34H,12-13,18-23H2,1-11H3,(H,42,51)(H,43,50)(H,44,48)(H,45,54)/t28?,29?,30-,32?,34?/m0/s1. The lowest BCUT2D eigenvalue weighted by molar-refractivity contribution is -0.144. The first-order valence-electron chi connectivity index (χ1n) is 19.5. The maximum Gasteiger partial charge on any atom is 0.408 e. The molecular formula is C41H64N6O8. The van der Waals surface area contributed by atoms with E-state index in [1.54, 1.807) is 34.9 Å². The summed E-state index contributed by atoms with van der Waals surface area (Å²) in [6, 6.07) is 3.87. The van der Waals surface area contributed by atoms with Crippen LogP contribution in [0, 0.1) is 23.2 Å². The van der Waals surface area contributed by atoms with Crippen molar-refractivity contribution in [1.82, 2.24) is 31.1 Å². The molecule has 0 aromatic heterocycles. The van der Waals surface area contributed by atoms with Crippen molar-refractivity contribution in [3.63, 3.8) is 0 Å². The lowest BCUT2D eigenvalue weighted by atomic mass is 9.85. The summed E-state index contributed by atoms with van der Waals surface area (Å²) in [7, 11) is 3.23. The van der Waals surface area contributed by atoms with Crippen molar-refractivity contribution >= 4 is 41.4 Å². The third-order valence-corrected chi connectivity index (χ3v) is 10.3. The SMILES string of the molecule is CCCCC(NC(=O)[C@@H]1CC(C(C)C)CN1C(=O)C(NC(=O)OC(C)(C)C)C(C)(C)C)C(=O)C(=O)NCC(=O)NC(C(=O)N(C)C)C1Cc2ccccc2C1. The van der Waals surface area contributed by atoms with Crippen LogP contribution in [0.25, 0.3) is 0 Å². The average Bonchev–Trinajstić information content (AvgIpc) is 3.74. The molecule has 0 spiro atoms. The number of rotatable bonds is 15. The average molecular weight is 769 g/mol. The maximum absolute atomic E-state index is 14.2. The van der Waals surface area contributed by atoms with E-state index in [0.717, 1.165) is 11.1 Å². The Morgan fingerprint density at radius 3 is 2.00 bits per heavy atom. The van der Waals surface area contributed by atoms with Crippen molar-refractivity contribution in [3.05, 3.63) is 35.4 Å². The van der Waals surface area contributed by atoms with Gasteiger partial charge in [0.1, 0.15) is 23.7 Å². The molecule has 2 aliphatic rings. The van der Waals surface area contributed by atoms with Crippen LogP contribution in [-0.4, -0.2) is 108 Å². The molecule has 0 saturated carbocycles. The van der Waals surface area contributed by atoms with Crippen LogP contribution < -0.4 is 21.3 Å². The number of fused-ring (bicyclic) bond motifs is 1. The second kappa shape index (κ2) is 18.9. The Morgan fingerprint density at radius 1 is 0.891 bits per heavy atom. The van der Waals surface area contributed by atoms with Crippen molar-refractivity contribution < 1.29 is 38.3 Å². The molecule has 14 nitrogen and oxygen atoms in total. The number of Topliss-reactive ketones (excluding diaryl/α,β-unsaturated/α-hetero) is 1. The highest BCUT2D eigenvalue weighted by Crippen LogP contribution is 2.33. The molecule has 5 atom stereocenters. The normalized spacial score (nSPS) is 18.8. The molecule has 1 aliphatic heterocycles. The van der Waals surface area contributed by atoms with E-state index in [1.165, 1.54) is 9.80 Å². The molecule has 6 amide bonds. The number of hydrogen-bond donors (Lipinski definition) is 4. The van der Waals surface area contributed by atoms with Crippen molar-refractivity contribution in [2.75, 3.05) is 27.2 Å². The number of carbonyl (C=O) groups excluding carboxylic acids is 7. The highest BCUT2D eigenvalue weighted by molar-refractivity contribution is 6.38. The highest BCUT2D eigenvalue weighted by Gasteiger charge is 2.46. The summed E-state index contributed by atoms with van der Waals surface area (Å²) in [5.41, 5.74) is 0.708. The number of likely N-dealkylation sites (N-methyl/N-ethyl adjacent to an activating group) is 1. The Kier molecular flexibility index (Phi) is 15.4. The topological polar surface area (TPSA) is 183 Å². The van der Waals surface area contributed by atoms with Crippen LogP contribution in [0.2, 0.25) is 0 Å². The van der Waals surface area contributed by atoms with Gasteiger partial charge in [-0.3, -0.25) is 28.8 Å². The predicted octanol–water partition coefficient (Wildman–Crippen LogP) is 3.15. The van der Waals surface area contributed by atoms with Gasteiger partial charge in [0, 0.05) is 20.6 Å². The van der Waals surface area contributed by atoms with Crippen molar-refractivity contribution in [2.24, 2.45) is 23.2 Å². The van der Waals surface area contributed by atoms with Gasteiger partial charge >= 0.3 is 6.09 Å². The Bertz CT molecular complexity index is 1550. The second-order valence-electron chi connectivity index (χ2n) is 17.7. The number of nitrogens with one attached hydrogen (secondary N) is 4. The number of carbonyl (C=O) groups is 7. The first kappa shape index (κ1) is 44.9. The molecule has 306 valence electrons. The molecule has 1 aromatic rings. The summed E-state index contributed by atoms with van der Waals surface area (Å²) in [4.78, 5) is 97.0. The van der Waals surface area contributed by atoms with Crippen molar-refractivity contribution in [2.45, 2.75) is 131 Å². The summed E-state index contributed by atoms with van der Waals surface area (Å²) in [5, 5.41) is 10.6. The number of amides is 6. The number of hydrogen-bond acceptors (Lipinski definition) is 8. The van der Waals surface area contributed by atoms with Crippen molar-refractivity contribution in [1.29, 1.82) is 0 Å². The summed E-state index contributed by atoms with van der Waals surface area (Å²) < 4.78 is 5.44. The molecular weight excluding hydrogens is 704 g/mol. The quantitative estimate of drug-likeness (QED) is 0.196. The first-order chi connectivity index (χ1) is 25.5. The zero-order valence-electron chi connectivity index (χ0n) is 34.7. The molecule has 1 aliphatic carbocycles. The fourth-order valence-electron chi connectivity index (χ4n) is 7.15. The van der Waals surface area contributed by atoms with Crippen LogP contribution in [0.15, 0.2) is 24.3 Å². The Morgan fingerprint density at radius 2 is 1.49 bits per heavy atom. The number of benzene rings is 1. The number of ketones is 1. The van der Waals surface area contributed by atoms with Crippen LogP contribution in [0.1, 0.15) is 99.1 Å². The van der Waals surface area contributed by atoms with E-state index in [1.807, 2.05) is 65.8 Å². The van der Waals surface area contributed by atoms with Crippen LogP contribution in [0.4, 0.5) is 4.79 Å². The Balaban J connectivity index is 1.73. The third-order valence-electron chi connectivity index (χ3n) is 10.3. The molecule has 1 heterocycles. The number of alkyl carbamates (subject to hydrolysis) is 1. The molecule has 0 bridgehead atoms. The van der Waals surface area contributed by atoms with Gasteiger partial charge in [-0.1, -0.05) is 78.6 Å². The summed E-state index contributed by atoms with van der Waals surface area (Å²) in [6.45, 7) is 16.2. The molecule has 4 unspecified atom stereocenters. The number of likely N-dealkylation sites (tertiary alicyclic amines) is 1. The summed E-state index contributed by atoms with van der Waals surface area (Å²) in [5.74, 6) is -3.97. The largest absolute Gasteiger partial charge is 0.444 e. The van der Waals surface area contributed by atoms with Crippen molar-refractivity contribution in [3.8, 4) is 0 Å². The molecule has 55 heavy (non-hydrogen) atoms. The Labute approximate surface area is 326 Å². The lowest BCUT2D eigenvalue weighted by Gasteiger charge is -2.36. The van der Waals surface area contributed by atoms with E-state index < -0.39 is 77.2 Å². The first-order valence-corrected chi connectivity index (χ1v) is 19.5. The lowest BCUT2D eigenvalue weighted by Crippen LogP contribution is -2.59. The Hall–Kier alpha value is -4.49. The summed E-state index contributed by atoms with van der Waals surface area (Å²) in [6.07, 6.45) is 2.18. The predicted molar refractivity (Wildman–Crippen MR) is 208 cm³/mol. The van der Waals surface area contributed by atoms with Gasteiger partial charge in [0.15, 0.2) is 0 Å². The maximum atomic E-state index is 14.2. The van der Waals surface area contributed by atoms with E-state index in [2.05, 4.69) is 21.3 Å². The monoisotopic (exact) mass is 768 g/mol. The van der Waals surface area contributed by atoms with Gasteiger partial charge in [-0.2, -0.15) is 0 Å². The van der Waals surface area contributed by atoms with Crippen LogP contribution in [-0.2, 0) is 46.3 Å². The van der Waals surface area contributed by atoms with Gasteiger partial charge in [-0.25, -0.2) is 4.79 Å². The molecule has 4 N–H and O–H groups in total. The van der Waals surface area contributed by atoms with Gasteiger partial charge in [0.2, 0.25) is 29.4 Å². The highest BCUT2D eigenvalue weighted by atomic mass is 16.6. The fraction of sp³-hybridized carbons (Fsp3) is 0.683.